The van der Waals surface area contributed by atoms with E-state index in [0.717, 1.165) is 17.3 Å². The van der Waals surface area contributed by atoms with Gasteiger partial charge in [-0.1, -0.05) is 18.2 Å². The molecule has 1 atom stereocenters. The zero-order valence-electron chi connectivity index (χ0n) is 12.7. The second-order valence-electron chi connectivity index (χ2n) is 5.44. The molecule has 1 unspecified atom stereocenters. The fourth-order valence-electron chi connectivity index (χ4n) is 2.52. The molecule has 1 aromatic heterocycles. The Hall–Kier alpha value is -2.69. The summed E-state index contributed by atoms with van der Waals surface area (Å²) in [6, 6.07) is 13.1. The van der Waals surface area contributed by atoms with Crippen LogP contribution >= 0.6 is 0 Å². The molecule has 23 heavy (non-hydrogen) atoms. The molecule has 3 rings (SSSR count). The minimum atomic E-state index is -0.570. The average molecular weight is 313 g/mol. The standard InChI is InChI=1S/C18H17F2N3/c1-13(17-7-6-15(19)11-18(17)20)22-16-5-2-4-14(10-16)12-23-9-3-8-21-23/h2-11,13,22H,12H2,1H3. The molecule has 3 aromatic rings. The predicted molar refractivity (Wildman–Crippen MR) is 86.2 cm³/mol. The maximum atomic E-state index is 13.8. The first kappa shape index (κ1) is 15.2. The number of nitrogens with one attached hydrogen (secondary N) is 1. The van der Waals surface area contributed by atoms with Crippen molar-refractivity contribution in [1.82, 2.24) is 9.78 Å². The van der Waals surface area contributed by atoms with Crippen molar-refractivity contribution >= 4 is 5.69 Å². The van der Waals surface area contributed by atoms with Crippen LogP contribution in [0.5, 0.6) is 0 Å². The van der Waals surface area contributed by atoms with Crippen molar-refractivity contribution in [3.63, 3.8) is 0 Å². The van der Waals surface area contributed by atoms with Crippen LogP contribution in [0.1, 0.15) is 24.1 Å². The number of hydrogen-bond donors (Lipinski definition) is 1. The number of hydrogen-bond acceptors (Lipinski definition) is 2. The van der Waals surface area contributed by atoms with E-state index in [1.807, 2.05) is 48.1 Å². The molecule has 0 radical (unpaired) electrons. The fourth-order valence-corrected chi connectivity index (χ4v) is 2.52. The summed E-state index contributed by atoms with van der Waals surface area (Å²) in [7, 11) is 0. The van der Waals surface area contributed by atoms with Crippen LogP contribution < -0.4 is 5.32 Å². The molecule has 0 aliphatic rings. The van der Waals surface area contributed by atoms with Crippen LogP contribution in [0.25, 0.3) is 0 Å². The molecule has 1 heterocycles. The number of benzene rings is 2. The lowest BCUT2D eigenvalue weighted by Crippen LogP contribution is -2.09. The van der Waals surface area contributed by atoms with Gasteiger partial charge < -0.3 is 5.32 Å². The first-order valence-electron chi connectivity index (χ1n) is 7.39. The van der Waals surface area contributed by atoms with E-state index in [2.05, 4.69) is 10.4 Å². The SMILES string of the molecule is CC(Nc1cccc(Cn2cccn2)c1)c1ccc(F)cc1F. The van der Waals surface area contributed by atoms with Gasteiger partial charge in [0.1, 0.15) is 11.6 Å². The highest BCUT2D eigenvalue weighted by atomic mass is 19.1. The van der Waals surface area contributed by atoms with Gasteiger partial charge in [-0.2, -0.15) is 5.10 Å². The van der Waals surface area contributed by atoms with Crippen LogP contribution in [0.2, 0.25) is 0 Å². The molecule has 0 amide bonds. The van der Waals surface area contributed by atoms with Crippen molar-refractivity contribution < 1.29 is 8.78 Å². The molecule has 1 N–H and O–H groups in total. The van der Waals surface area contributed by atoms with E-state index in [1.54, 1.807) is 6.20 Å². The summed E-state index contributed by atoms with van der Waals surface area (Å²) in [6.45, 7) is 2.51. The summed E-state index contributed by atoms with van der Waals surface area (Å²) in [6.07, 6.45) is 3.64. The first-order chi connectivity index (χ1) is 11.1. The molecule has 0 saturated carbocycles. The number of aromatic nitrogens is 2. The van der Waals surface area contributed by atoms with Crippen LogP contribution in [-0.2, 0) is 6.54 Å². The van der Waals surface area contributed by atoms with Gasteiger partial charge in [-0.05, 0) is 36.8 Å². The van der Waals surface area contributed by atoms with Crippen molar-refractivity contribution in [3.8, 4) is 0 Å². The smallest absolute Gasteiger partial charge is 0.131 e. The molecule has 0 fully saturated rings. The number of rotatable bonds is 5. The zero-order chi connectivity index (χ0) is 16.2. The quantitative estimate of drug-likeness (QED) is 0.757. The summed E-state index contributed by atoms with van der Waals surface area (Å²) in [5.41, 5.74) is 2.40. The van der Waals surface area contributed by atoms with Gasteiger partial charge in [0.25, 0.3) is 0 Å². The van der Waals surface area contributed by atoms with Crippen LogP contribution in [0.3, 0.4) is 0 Å². The first-order valence-corrected chi connectivity index (χ1v) is 7.39. The lowest BCUT2D eigenvalue weighted by Gasteiger charge is -2.17. The van der Waals surface area contributed by atoms with E-state index in [1.165, 1.54) is 12.1 Å². The molecule has 0 spiro atoms. The topological polar surface area (TPSA) is 29.9 Å². The zero-order valence-corrected chi connectivity index (χ0v) is 12.7. The largest absolute Gasteiger partial charge is 0.378 e. The van der Waals surface area contributed by atoms with E-state index < -0.39 is 11.6 Å². The van der Waals surface area contributed by atoms with E-state index in [9.17, 15) is 8.78 Å². The molecular weight excluding hydrogens is 296 g/mol. The predicted octanol–water partition coefficient (Wildman–Crippen LogP) is 4.38. The molecule has 3 nitrogen and oxygen atoms in total. The van der Waals surface area contributed by atoms with Gasteiger partial charge in [-0.15, -0.1) is 0 Å². The van der Waals surface area contributed by atoms with Crippen molar-refractivity contribution in [2.24, 2.45) is 0 Å². The Morgan fingerprint density at radius 3 is 2.74 bits per heavy atom. The molecule has 0 saturated heterocycles. The molecule has 2 aromatic carbocycles. The van der Waals surface area contributed by atoms with Crippen molar-refractivity contribution in [2.75, 3.05) is 5.32 Å². The molecule has 0 aliphatic carbocycles. The van der Waals surface area contributed by atoms with Crippen molar-refractivity contribution in [3.05, 3.63) is 83.7 Å². The third-order valence-electron chi connectivity index (χ3n) is 3.64. The summed E-state index contributed by atoms with van der Waals surface area (Å²) in [4.78, 5) is 0. The van der Waals surface area contributed by atoms with Gasteiger partial charge in [0.05, 0.1) is 12.6 Å². The summed E-state index contributed by atoms with van der Waals surface area (Å²) in [5, 5.41) is 7.43. The van der Waals surface area contributed by atoms with Crippen LogP contribution in [0, 0.1) is 11.6 Å². The van der Waals surface area contributed by atoms with E-state index in [4.69, 9.17) is 0 Å². The Morgan fingerprint density at radius 2 is 2.00 bits per heavy atom. The van der Waals surface area contributed by atoms with Crippen LogP contribution in [0.4, 0.5) is 14.5 Å². The maximum Gasteiger partial charge on any atom is 0.131 e. The highest BCUT2D eigenvalue weighted by molar-refractivity contribution is 5.47. The van der Waals surface area contributed by atoms with Gasteiger partial charge in [0, 0.05) is 29.7 Å². The molecule has 0 bridgehead atoms. The lowest BCUT2D eigenvalue weighted by atomic mass is 10.1. The monoisotopic (exact) mass is 313 g/mol. The second-order valence-corrected chi connectivity index (χ2v) is 5.44. The van der Waals surface area contributed by atoms with Crippen LogP contribution in [-0.4, -0.2) is 9.78 Å². The number of anilines is 1. The minimum Gasteiger partial charge on any atom is -0.378 e. The van der Waals surface area contributed by atoms with Gasteiger partial charge in [0.2, 0.25) is 0 Å². The van der Waals surface area contributed by atoms with Gasteiger partial charge in [-0.25, -0.2) is 8.78 Å². The third kappa shape index (κ3) is 3.74. The summed E-state index contributed by atoms with van der Waals surface area (Å²) < 4.78 is 28.7. The molecular formula is C18H17F2N3. The van der Waals surface area contributed by atoms with E-state index >= 15 is 0 Å². The lowest BCUT2D eigenvalue weighted by molar-refractivity contribution is 0.566. The summed E-state index contributed by atoms with van der Waals surface area (Å²) >= 11 is 0. The highest BCUT2D eigenvalue weighted by Crippen LogP contribution is 2.23. The van der Waals surface area contributed by atoms with Crippen molar-refractivity contribution in [1.29, 1.82) is 0 Å². The second kappa shape index (κ2) is 6.60. The van der Waals surface area contributed by atoms with Crippen LogP contribution in [0.15, 0.2) is 60.9 Å². The van der Waals surface area contributed by atoms with E-state index in [0.29, 0.717) is 12.1 Å². The summed E-state index contributed by atoms with van der Waals surface area (Å²) in [5.74, 6) is -1.11. The van der Waals surface area contributed by atoms with E-state index in [-0.39, 0.29) is 6.04 Å². The minimum absolute atomic E-state index is 0.268. The molecule has 0 aliphatic heterocycles. The Balaban J connectivity index is 1.74. The number of halogens is 2. The maximum absolute atomic E-state index is 13.8. The van der Waals surface area contributed by atoms with Gasteiger partial charge in [0.15, 0.2) is 0 Å². The Bertz CT molecular complexity index is 785. The average Bonchev–Trinajstić information content (AvgIpc) is 3.00. The third-order valence-corrected chi connectivity index (χ3v) is 3.64. The molecule has 5 heteroatoms. The normalized spacial score (nSPS) is 12.1. The number of nitrogens with zero attached hydrogens (tertiary/aromatic N) is 2. The van der Waals surface area contributed by atoms with Gasteiger partial charge >= 0.3 is 0 Å². The Labute approximate surface area is 133 Å². The highest BCUT2D eigenvalue weighted by Gasteiger charge is 2.11. The molecule has 118 valence electrons. The fraction of sp³-hybridized carbons (Fsp3) is 0.167. The Kier molecular flexibility index (Phi) is 4.37. The Morgan fingerprint density at radius 1 is 1.13 bits per heavy atom. The van der Waals surface area contributed by atoms with Crippen molar-refractivity contribution in [2.45, 2.75) is 19.5 Å². The van der Waals surface area contributed by atoms with Gasteiger partial charge in [-0.3, -0.25) is 4.68 Å².